The summed E-state index contributed by atoms with van der Waals surface area (Å²) in [6, 6.07) is 0.153. The van der Waals surface area contributed by atoms with Crippen molar-refractivity contribution in [3.05, 3.63) is 0 Å². The number of carboxylic acid groups (broad SMARTS) is 1. The van der Waals surface area contributed by atoms with Crippen molar-refractivity contribution in [3.63, 3.8) is 0 Å². The minimum atomic E-state index is -0.658. The van der Waals surface area contributed by atoms with Gasteiger partial charge in [-0.3, -0.25) is 4.79 Å². The van der Waals surface area contributed by atoms with E-state index in [9.17, 15) is 9.90 Å². The van der Waals surface area contributed by atoms with Gasteiger partial charge in [0.15, 0.2) is 0 Å². The summed E-state index contributed by atoms with van der Waals surface area (Å²) in [5.41, 5.74) is 0. The first kappa shape index (κ1) is 11.3. The molecule has 0 radical (unpaired) electrons. The molecule has 0 amide bonds. The summed E-state index contributed by atoms with van der Waals surface area (Å²) in [6.45, 7) is 0. The zero-order valence-corrected chi connectivity index (χ0v) is 9.76. The fraction of sp³-hybridized carbons (Fsp3) is 0.909. The average molecular weight is 229 g/mol. The SMILES string of the molecule is O=C(O)C(NC1CCCC1)C1CCSC1. The summed E-state index contributed by atoms with van der Waals surface area (Å²) in [5.74, 6) is 1.82. The van der Waals surface area contributed by atoms with Gasteiger partial charge in [-0.1, -0.05) is 12.8 Å². The Morgan fingerprint density at radius 1 is 1.33 bits per heavy atom. The van der Waals surface area contributed by atoms with Crippen LogP contribution in [0.2, 0.25) is 0 Å². The third-order valence-electron chi connectivity index (χ3n) is 3.47. The fourth-order valence-corrected chi connectivity index (χ4v) is 3.87. The maximum absolute atomic E-state index is 11.2. The minimum absolute atomic E-state index is 0.303. The average Bonchev–Trinajstić information content (AvgIpc) is 2.87. The van der Waals surface area contributed by atoms with Gasteiger partial charge in [0.2, 0.25) is 0 Å². The summed E-state index contributed by atoms with van der Waals surface area (Å²) in [5, 5.41) is 12.6. The second kappa shape index (κ2) is 5.21. The Balaban J connectivity index is 1.89. The summed E-state index contributed by atoms with van der Waals surface area (Å²) in [7, 11) is 0. The van der Waals surface area contributed by atoms with Crippen molar-refractivity contribution in [1.29, 1.82) is 0 Å². The van der Waals surface area contributed by atoms with Gasteiger partial charge in [0.25, 0.3) is 0 Å². The number of carboxylic acids is 1. The molecule has 2 aliphatic rings. The molecule has 0 spiro atoms. The second-order valence-corrected chi connectivity index (χ2v) is 5.74. The predicted molar refractivity (Wildman–Crippen MR) is 62.2 cm³/mol. The van der Waals surface area contributed by atoms with Crippen molar-refractivity contribution < 1.29 is 9.90 Å². The lowest BCUT2D eigenvalue weighted by atomic mass is 9.98. The molecule has 86 valence electrons. The van der Waals surface area contributed by atoms with Crippen molar-refractivity contribution in [1.82, 2.24) is 5.32 Å². The molecule has 3 nitrogen and oxygen atoms in total. The van der Waals surface area contributed by atoms with E-state index in [1.54, 1.807) is 0 Å². The highest BCUT2D eigenvalue weighted by molar-refractivity contribution is 7.99. The summed E-state index contributed by atoms with van der Waals surface area (Å²) >= 11 is 1.88. The number of thioether (sulfide) groups is 1. The van der Waals surface area contributed by atoms with Crippen LogP contribution in [0.4, 0.5) is 0 Å². The van der Waals surface area contributed by atoms with Crippen molar-refractivity contribution in [2.75, 3.05) is 11.5 Å². The molecule has 1 aliphatic carbocycles. The zero-order valence-electron chi connectivity index (χ0n) is 8.95. The molecule has 1 heterocycles. The van der Waals surface area contributed by atoms with Crippen LogP contribution in [0.3, 0.4) is 0 Å². The monoisotopic (exact) mass is 229 g/mol. The van der Waals surface area contributed by atoms with Gasteiger partial charge in [-0.2, -0.15) is 11.8 Å². The molecular formula is C11H19NO2S. The first-order chi connectivity index (χ1) is 7.27. The van der Waals surface area contributed by atoms with E-state index in [2.05, 4.69) is 5.32 Å². The molecule has 0 aromatic rings. The molecule has 2 atom stereocenters. The number of aliphatic carboxylic acids is 1. The Labute approximate surface area is 95.0 Å². The predicted octanol–water partition coefficient (Wildman–Crippen LogP) is 1.72. The topological polar surface area (TPSA) is 49.3 Å². The van der Waals surface area contributed by atoms with Crippen molar-refractivity contribution in [3.8, 4) is 0 Å². The van der Waals surface area contributed by atoms with E-state index < -0.39 is 5.97 Å². The highest BCUT2D eigenvalue weighted by Crippen LogP contribution is 2.28. The van der Waals surface area contributed by atoms with E-state index in [1.165, 1.54) is 12.8 Å². The molecular weight excluding hydrogens is 210 g/mol. The highest BCUT2D eigenvalue weighted by Gasteiger charge is 2.32. The molecule has 0 bridgehead atoms. The van der Waals surface area contributed by atoms with Crippen LogP contribution in [0.1, 0.15) is 32.1 Å². The molecule has 2 N–H and O–H groups in total. The van der Waals surface area contributed by atoms with E-state index in [-0.39, 0.29) is 6.04 Å². The van der Waals surface area contributed by atoms with E-state index in [4.69, 9.17) is 0 Å². The van der Waals surface area contributed by atoms with Crippen molar-refractivity contribution >= 4 is 17.7 Å². The zero-order chi connectivity index (χ0) is 10.7. The Bertz CT molecular complexity index is 223. The van der Waals surface area contributed by atoms with Crippen LogP contribution in [0.25, 0.3) is 0 Å². The van der Waals surface area contributed by atoms with Crippen LogP contribution in [-0.2, 0) is 4.79 Å². The largest absolute Gasteiger partial charge is 0.480 e. The standard InChI is InChI=1S/C11H19NO2S/c13-11(14)10(8-5-6-15-7-8)12-9-3-1-2-4-9/h8-10,12H,1-7H2,(H,13,14). The summed E-state index contributed by atoms with van der Waals surface area (Å²) < 4.78 is 0. The van der Waals surface area contributed by atoms with Gasteiger partial charge in [0.05, 0.1) is 0 Å². The molecule has 1 aliphatic heterocycles. The first-order valence-electron chi connectivity index (χ1n) is 5.84. The number of hydrogen-bond acceptors (Lipinski definition) is 3. The Morgan fingerprint density at radius 2 is 2.07 bits per heavy atom. The molecule has 0 aromatic carbocycles. The van der Waals surface area contributed by atoms with Crippen LogP contribution in [0.15, 0.2) is 0 Å². The summed E-state index contributed by atoms with van der Waals surface area (Å²) in [6.07, 6.45) is 5.88. The Kier molecular flexibility index (Phi) is 3.92. The maximum atomic E-state index is 11.2. The lowest BCUT2D eigenvalue weighted by Gasteiger charge is -2.23. The van der Waals surface area contributed by atoms with Crippen LogP contribution in [0, 0.1) is 5.92 Å². The van der Waals surface area contributed by atoms with Crippen LogP contribution in [0.5, 0.6) is 0 Å². The molecule has 2 unspecified atom stereocenters. The van der Waals surface area contributed by atoms with E-state index in [0.29, 0.717) is 12.0 Å². The van der Waals surface area contributed by atoms with E-state index in [1.807, 2.05) is 11.8 Å². The fourth-order valence-electron chi connectivity index (χ4n) is 2.57. The molecule has 0 aromatic heterocycles. The lowest BCUT2D eigenvalue weighted by Crippen LogP contribution is -2.47. The van der Waals surface area contributed by atoms with Crippen molar-refractivity contribution in [2.45, 2.75) is 44.2 Å². The minimum Gasteiger partial charge on any atom is -0.480 e. The maximum Gasteiger partial charge on any atom is 0.321 e. The van der Waals surface area contributed by atoms with Crippen LogP contribution in [-0.4, -0.2) is 34.7 Å². The van der Waals surface area contributed by atoms with Gasteiger partial charge in [0.1, 0.15) is 6.04 Å². The van der Waals surface area contributed by atoms with Gasteiger partial charge >= 0.3 is 5.97 Å². The first-order valence-corrected chi connectivity index (χ1v) is 6.99. The molecule has 2 rings (SSSR count). The van der Waals surface area contributed by atoms with Crippen LogP contribution >= 0.6 is 11.8 Å². The number of rotatable bonds is 4. The number of nitrogens with one attached hydrogen (secondary N) is 1. The van der Waals surface area contributed by atoms with Gasteiger partial charge in [-0.15, -0.1) is 0 Å². The molecule has 15 heavy (non-hydrogen) atoms. The Hall–Kier alpha value is -0.220. The highest BCUT2D eigenvalue weighted by atomic mass is 32.2. The third-order valence-corrected chi connectivity index (χ3v) is 4.66. The second-order valence-electron chi connectivity index (χ2n) is 4.59. The van der Waals surface area contributed by atoms with Crippen LogP contribution < -0.4 is 5.32 Å². The van der Waals surface area contributed by atoms with E-state index >= 15 is 0 Å². The molecule has 4 heteroatoms. The number of carbonyl (C=O) groups is 1. The van der Waals surface area contributed by atoms with E-state index in [0.717, 1.165) is 30.8 Å². The van der Waals surface area contributed by atoms with Crippen molar-refractivity contribution in [2.24, 2.45) is 5.92 Å². The molecule has 1 saturated carbocycles. The molecule has 2 fully saturated rings. The van der Waals surface area contributed by atoms with Gasteiger partial charge < -0.3 is 10.4 Å². The normalized spacial score (nSPS) is 29.5. The quantitative estimate of drug-likeness (QED) is 0.770. The Morgan fingerprint density at radius 3 is 2.60 bits per heavy atom. The third kappa shape index (κ3) is 2.88. The van der Waals surface area contributed by atoms with Gasteiger partial charge in [0, 0.05) is 6.04 Å². The smallest absolute Gasteiger partial charge is 0.321 e. The summed E-state index contributed by atoms with van der Waals surface area (Å²) in [4.78, 5) is 11.2. The van der Waals surface area contributed by atoms with Gasteiger partial charge in [-0.05, 0) is 36.7 Å². The van der Waals surface area contributed by atoms with Gasteiger partial charge in [-0.25, -0.2) is 0 Å². The molecule has 1 saturated heterocycles. The lowest BCUT2D eigenvalue weighted by molar-refractivity contribution is -0.141. The number of hydrogen-bond donors (Lipinski definition) is 2.